The van der Waals surface area contributed by atoms with Crippen LogP contribution in [0.5, 0.6) is 5.75 Å². The molecule has 1 aliphatic rings. The molecule has 2 amide bonds. The Bertz CT molecular complexity index is 881. The lowest BCUT2D eigenvalue weighted by atomic mass is 10.1. The third-order valence-electron chi connectivity index (χ3n) is 5.90. The predicted molar refractivity (Wildman–Crippen MR) is 123 cm³/mol. The summed E-state index contributed by atoms with van der Waals surface area (Å²) in [6.07, 6.45) is 4.32. The van der Waals surface area contributed by atoms with Crippen molar-refractivity contribution < 1.29 is 14.3 Å². The Kier molecular flexibility index (Phi) is 7.72. The standard InChI is InChI=1S/C26H34N2O3/c1-18-9-11-22(12-10-18)16-28(21(4)26(30)27-23-7-5-6-8-23)25(29)17-31-24-14-19(2)13-20(3)15-24/h9-15,21,23H,5-8,16-17H2,1-4H3,(H,27,30). The highest BCUT2D eigenvalue weighted by atomic mass is 16.5. The molecule has 166 valence electrons. The summed E-state index contributed by atoms with van der Waals surface area (Å²) in [4.78, 5) is 27.7. The fourth-order valence-electron chi connectivity index (χ4n) is 4.11. The molecule has 1 unspecified atom stereocenters. The van der Waals surface area contributed by atoms with E-state index in [9.17, 15) is 9.59 Å². The van der Waals surface area contributed by atoms with Gasteiger partial charge in [-0.15, -0.1) is 0 Å². The zero-order valence-corrected chi connectivity index (χ0v) is 19.1. The first kappa shape index (κ1) is 22.9. The van der Waals surface area contributed by atoms with Crippen LogP contribution in [0, 0.1) is 20.8 Å². The molecule has 2 aromatic rings. The smallest absolute Gasteiger partial charge is 0.261 e. The zero-order valence-electron chi connectivity index (χ0n) is 19.1. The number of rotatable bonds is 8. The number of ether oxygens (including phenoxy) is 1. The largest absolute Gasteiger partial charge is 0.484 e. The van der Waals surface area contributed by atoms with Crippen LogP contribution in [0.2, 0.25) is 0 Å². The average Bonchev–Trinajstić information content (AvgIpc) is 3.23. The van der Waals surface area contributed by atoms with Crippen molar-refractivity contribution in [3.8, 4) is 5.75 Å². The number of nitrogens with one attached hydrogen (secondary N) is 1. The third-order valence-corrected chi connectivity index (χ3v) is 5.90. The van der Waals surface area contributed by atoms with Gasteiger partial charge in [-0.3, -0.25) is 9.59 Å². The van der Waals surface area contributed by atoms with Crippen LogP contribution >= 0.6 is 0 Å². The van der Waals surface area contributed by atoms with Crippen LogP contribution in [-0.2, 0) is 16.1 Å². The lowest BCUT2D eigenvalue weighted by Gasteiger charge is -2.29. The highest BCUT2D eigenvalue weighted by molar-refractivity contribution is 5.88. The first-order valence-electron chi connectivity index (χ1n) is 11.2. The zero-order chi connectivity index (χ0) is 22.4. The van der Waals surface area contributed by atoms with Crippen LogP contribution in [0.25, 0.3) is 0 Å². The van der Waals surface area contributed by atoms with Gasteiger partial charge in [-0.05, 0) is 69.4 Å². The summed E-state index contributed by atoms with van der Waals surface area (Å²) in [5.41, 5.74) is 4.32. The number of hydrogen-bond donors (Lipinski definition) is 1. The van der Waals surface area contributed by atoms with Crippen molar-refractivity contribution in [1.29, 1.82) is 0 Å². The summed E-state index contributed by atoms with van der Waals surface area (Å²) in [5.74, 6) is 0.372. The highest BCUT2D eigenvalue weighted by Gasteiger charge is 2.28. The first-order chi connectivity index (χ1) is 14.8. The quantitative estimate of drug-likeness (QED) is 0.683. The van der Waals surface area contributed by atoms with Gasteiger partial charge in [0.1, 0.15) is 11.8 Å². The van der Waals surface area contributed by atoms with Crippen LogP contribution in [0.4, 0.5) is 0 Å². The lowest BCUT2D eigenvalue weighted by Crippen LogP contribution is -2.50. The van der Waals surface area contributed by atoms with E-state index in [1.165, 1.54) is 0 Å². The van der Waals surface area contributed by atoms with Gasteiger partial charge in [-0.1, -0.05) is 48.7 Å². The summed E-state index contributed by atoms with van der Waals surface area (Å²) < 4.78 is 5.81. The molecule has 1 aliphatic carbocycles. The van der Waals surface area contributed by atoms with Crippen molar-refractivity contribution in [3.05, 3.63) is 64.7 Å². The molecule has 0 bridgehead atoms. The maximum atomic E-state index is 13.2. The topological polar surface area (TPSA) is 58.6 Å². The first-order valence-corrected chi connectivity index (χ1v) is 11.2. The van der Waals surface area contributed by atoms with Crippen LogP contribution < -0.4 is 10.1 Å². The van der Waals surface area contributed by atoms with Crippen molar-refractivity contribution in [2.45, 2.75) is 72.0 Å². The van der Waals surface area contributed by atoms with Gasteiger partial charge in [0.2, 0.25) is 5.91 Å². The van der Waals surface area contributed by atoms with E-state index >= 15 is 0 Å². The number of aryl methyl sites for hydroxylation is 3. The SMILES string of the molecule is Cc1ccc(CN(C(=O)COc2cc(C)cc(C)c2)C(C)C(=O)NC2CCCC2)cc1. The van der Waals surface area contributed by atoms with Gasteiger partial charge in [0, 0.05) is 12.6 Å². The van der Waals surface area contributed by atoms with Crippen molar-refractivity contribution >= 4 is 11.8 Å². The molecule has 1 atom stereocenters. The summed E-state index contributed by atoms with van der Waals surface area (Å²) in [7, 11) is 0. The minimum absolute atomic E-state index is 0.0984. The van der Waals surface area contributed by atoms with Crippen LogP contribution in [-0.4, -0.2) is 35.4 Å². The Morgan fingerprint density at radius 2 is 1.61 bits per heavy atom. The minimum atomic E-state index is -0.572. The fraction of sp³-hybridized carbons (Fsp3) is 0.462. The van der Waals surface area contributed by atoms with Gasteiger partial charge in [0.15, 0.2) is 6.61 Å². The van der Waals surface area contributed by atoms with Gasteiger partial charge < -0.3 is 15.0 Å². The summed E-state index contributed by atoms with van der Waals surface area (Å²) in [5, 5.41) is 3.12. The Morgan fingerprint density at radius 3 is 2.23 bits per heavy atom. The van der Waals surface area contributed by atoms with Crippen molar-refractivity contribution in [2.75, 3.05) is 6.61 Å². The molecule has 0 aromatic heterocycles. The molecule has 0 heterocycles. The van der Waals surface area contributed by atoms with E-state index in [0.717, 1.165) is 47.9 Å². The monoisotopic (exact) mass is 422 g/mol. The molecule has 0 spiro atoms. The van der Waals surface area contributed by atoms with E-state index in [-0.39, 0.29) is 24.5 Å². The fourth-order valence-corrected chi connectivity index (χ4v) is 4.11. The van der Waals surface area contributed by atoms with E-state index < -0.39 is 6.04 Å². The molecular formula is C26H34N2O3. The molecule has 0 radical (unpaired) electrons. The van der Waals surface area contributed by atoms with Crippen LogP contribution in [0.15, 0.2) is 42.5 Å². The van der Waals surface area contributed by atoms with E-state index in [4.69, 9.17) is 4.74 Å². The Labute approximate surface area is 185 Å². The molecular weight excluding hydrogens is 388 g/mol. The van der Waals surface area contributed by atoms with Crippen molar-refractivity contribution in [3.63, 3.8) is 0 Å². The molecule has 5 nitrogen and oxygen atoms in total. The van der Waals surface area contributed by atoms with Crippen LogP contribution in [0.1, 0.15) is 54.9 Å². The van der Waals surface area contributed by atoms with E-state index in [2.05, 4.69) is 11.4 Å². The molecule has 1 fully saturated rings. The number of benzene rings is 2. The van der Waals surface area contributed by atoms with Gasteiger partial charge >= 0.3 is 0 Å². The summed E-state index contributed by atoms with van der Waals surface area (Å²) in [6.45, 7) is 8.10. The molecule has 0 aliphatic heterocycles. The van der Waals surface area contributed by atoms with Gasteiger partial charge in [0.25, 0.3) is 5.91 Å². The number of hydrogen-bond acceptors (Lipinski definition) is 3. The molecule has 2 aromatic carbocycles. The molecule has 1 N–H and O–H groups in total. The predicted octanol–water partition coefficient (Wildman–Crippen LogP) is 4.47. The Balaban J connectivity index is 1.72. The lowest BCUT2D eigenvalue weighted by molar-refractivity contribution is -0.142. The van der Waals surface area contributed by atoms with E-state index in [1.54, 1.807) is 11.8 Å². The maximum absolute atomic E-state index is 13.2. The second kappa shape index (κ2) is 10.5. The van der Waals surface area contributed by atoms with Gasteiger partial charge in [0.05, 0.1) is 0 Å². The van der Waals surface area contributed by atoms with Crippen molar-refractivity contribution in [1.82, 2.24) is 10.2 Å². The molecule has 31 heavy (non-hydrogen) atoms. The maximum Gasteiger partial charge on any atom is 0.261 e. The van der Waals surface area contributed by atoms with Gasteiger partial charge in [-0.25, -0.2) is 0 Å². The minimum Gasteiger partial charge on any atom is -0.484 e. The molecule has 3 rings (SSSR count). The van der Waals surface area contributed by atoms with Gasteiger partial charge in [-0.2, -0.15) is 0 Å². The number of amides is 2. The molecule has 5 heteroatoms. The number of nitrogens with zero attached hydrogens (tertiary/aromatic N) is 1. The Morgan fingerprint density at radius 1 is 1.00 bits per heavy atom. The van der Waals surface area contributed by atoms with E-state index in [1.807, 2.05) is 57.2 Å². The Hall–Kier alpha value is -2.82. The van der Waals surface area contributed by atoms with Crippen molar-refractivity contribution in [2.24, 2.45) is 0 Å². The normalized spacial score (nSPS) is 14.8. The highest BCUT2D eigenvalue weighted by Crippen LogP contribution is 2.19. The number of carbonyl (C=O) groups is 2. The number of carbonyl (C=O) groups excluding carboxylic acids is 2. The second-order valence-electron chi connectivity index (χ2n) is 8.79. The third kappa shape index (κ3) is 6.58. The second-order valence-corrected chi connectivity index (χ2v) is 8.79. The average molecular weight is 423 g/mol. The molecule has 0 saturated heterocycles. The summed E-state index contributed by atoms with van der Waals surface area (Å²) >= 11 is 0. The summed E-state index contributed by atoms with van der Waals surface area (Å²) in [6, 6.07) is 13.6. The molecule has 1 saturated carbocycles. The van der Waals surface area contributed by atoms with E-state index in [0.29, 0.717) is 12.3 Å². The van der Waals surface area contributed by atoms with Crippen LogP contribution in [0.3, 0.4) is 0 Å².